The first kappa shape index (κ1) is 24.0. The lowest BCUT2D eigenvalue weighted by molar-refractivity contribution is -0.115. The summed E-state index contributed by atoms with van der Waals surface area (Å²) in [6, 6.07) is 12.7. The molecule has 0 radical (unpaired) electrons. The third-order valence-corrected chi connectivity index (χ3v) is 6.13. The molecular weight excluding hydrogens is 468 g/mol. The Morgan fingerprint density at radius 3 is 2.55 bits per heavy atom. The third kappa shape index (κ3) is 5.99. The van der Waals surface area contributed by atoms with Crippen LogP contribution < -0.4 is 5.32 Å². The molecule has 0 aliphatic heterocycles. The number of amides is 1. The first-order chi connectivity index (χ1) is 15.6. The Morgan fingerprint density at radius 2 is 1.91 bits per heavy atom. The third-order valence-electron chi connectivity index (χ3n) is 4.49. The van der Waals surface area contributed by atoms with E-state index in [0.717, 1.165) is 10.9 Å². The van der Waals surface area contributed by atoms with Crippen molar-refractivity contribution < 1.29 is 23.1 Å². The van der Waals surface area contributed by atoms with Crippen LogP contribution in [0.4, 0.5) is 10.5 Å². The highest BCUT2D eigenvalue weighted by Crippen LogP contribution is 2.31. The summed E-state index contributed by atoms with van der Waals surface area (Å²) in [5, 5.41) is 12.3. The van der Waals surface area contributed by atoms with E-state index in [-0.39, 0.29) is 28.5 Å². The standard InChI is InChI=1S/C22H21ClN4O5S/c1-26(2)14-24-33(31,32)20-12-17(25-21(28)11-15-5-3-4-6-19(15)23)7-8-18(20)16-9-10-27(13-16)22(29)30/h3-10,12-14H,11H2,1-2H3,(H,25,28)(H,29,30)/b24-14+. The largest absolute Gasteiger partial charge is 0.464 e. The molecule has 9 nitrogen and oxygen atoms in total. The van der Waals surface area contributed by atoms with Crippen molar-refractivity contribution in [1.82, 2.24) is 9.47 Å². The summed E-state index contributed by atoms with van der Waals surface area (Å²) in [4.78, 5) is 25.0. The van der Waals surface area contributed by atoms with Crippen molar-refractivity contribution in [2.75, 3.05) is 19.4 Å². The summed E-state index contributed by atoms with van der Waals surface area (Å²) in [6.45, 7) is 0. The first-order valence-electron chi connectivity index (χ1n) is 9.62. The molecular formula is C22H21ClN4O5S. The Bertz CT molecular complexity index is 1330. The number of hydrogen-bond acceptors (Lipinski definition) is 4. The van der Waals surface area contributed by atoms with Gasteiger partial charge in [-0.15, -0.1) is 4.40 Å². The van der Waals surface area contributed by atoms with Gasteiger partial charge in [0, 0.05) is 48.3 Å². The van der Waals surface area contributed by atoms with Crippen LogP contribution in [0.1, 0.15) is 5.56 Å². The van der Waals surface area contributed by atoms with Gasteiger partial charge in [-0.1, -0.05) is 35.9 Å². The van der Waals surface area contributed by atoms with Gasteiger partial charge in [-0.25, -0.2) is 4.79 Å². The number of nitrogens with zero attached hydrogens (tertiary/aromatic N) is 3. The second-order valence-corrected chi connectivity index (χ2v) is 9.28. The van der Waals surface area contributed by atoms with E-state index < -0.39 is 16.1 Å². The number of benzene rings is 2. The second kappa shape index (κ2) is 9.88. The maximum absolute atomic E-state index is 13.0. The van der Waals surface area contributed by atoms with Crippen molar-refractivity contribution in [3.8, 4) is 11.1 Å². The van der Waals surface area contributed by atoms with E-state index in [2.05, 4.69) is 9.71 Å². The van der Waals surface area contributed by atoms with E-state index in [4.69, 9.17) is 16.7 Å². The molecule has 2 aromatic carbocycles. The molecule has 0 bridgehead atoms. The summed E-state index contributed by atoms with van der Waals surface area (Å²) in [6.07, 6.45) is 2.53. The Hall–Kier alpha value is -3.63. The van der Waals surface area contributed by atoms with Crippen LogP contribution in [-0.2, 0) is 21.2 Å². The van der Waals surface area contributed by atoms with Gasteiger partial charge in [-0.05, 0) is 29.8 Å². The predicted molar refractivity (Wildman–Crippen MR) is 126 cm³/mol. The number of aromatic nitrogens is 1. The van der Waals surface area contributed by atoms with Crippen molar-refractivity contribution in [1.29, 1.82) is 0 Å². The Balaban J connectivity index is 1.99. The van der Waals surface area contributed by atoms with Crippen molar-refractivity contribution >= 4 is 45.7 Å². The summed E-state index contributed by atoms with van der Waals surface area (Å²) < 4.78 is 30.5. The highest BCUT2D eigenvalue weighted by molar-refractivity contribution is 7.90. The van der Waals surface area contributed by atoms with Crippen molar-refractivity contribution in [3.05, 3.63) is 71.5 Å². The molecule has 11 heteroatoms. The van der Waals surface area contributed by atoms with Gasteiger partial charge in [0.2, 0.25) is 5.91 Å². The number of sulfonamides is 1. The van der Waals surface area contributed by atoms with Crippen LogP contribution in [0.25, 0.3) is 11.1 Å². The van der Waals surface area contributed by atoms with Crippen LogP contribution in [0.2, 0.25) is 5.02 Å². The number of rotatable bonds is 7. The Morgan fingerprint density at radius 1 is 1.18 bits per heavy atom. The number of carboxylic acid groups (broad SMARTS) is 1. The van der Waals surface area contributed by atoms with Crippen LogP contribution in [-0.4, -0.2) is 55.4 Å². The second-order valence-electron chi connectivity index (χ2n) is 7.28. The fourth-order valence-corrected chi connectivity index (χ4v) is 4.33. The topological polar surface area (TPSA) is 121 Å². The zero-order valence-electron chi connectivity index (χ0n) is 17.8. The molecule has 0 spiro atoms. The molecule has 0 saturated heterocycles. The number of carbonyl (C=O) groups is 2. The fraction of sp³-hybridized carbons (Fsp3) is 0.136. The smallest absolute Gasteiger partial charge is 0.415 e. The van der Waals surface area contributed by atoms with Crippen molar-refractivity contribution in [2.45, 2.75) is 11.3 Å². The van der Waals surface area contributed by atoms with E-state index in [1.807, 2.05) is 0 Å². The van der Waals surface area contributed by atoms with Gasteiger partial charge in [-0.3, -0.25) is 9.36 Å². The molecule has 172 valence electrons. The van der Waals surface area contributed by atoms with Crippen LogP contribution >= 0.6 is 11.6 Å². The molecule has 3 aromatic rings. The zero-order chi connectivity index (χ0) is 24.2. The van der Waals surface area contributed by atoms with Crippen molar-refractivity contribution in [2.24, 2.45) is 4.40 Å². The molecule has 0 aliphatic carbocycles. The van der Waals surface area contributed by atoms with Gasteiger partial charge < -0.3 is 15.3 Å². The molecule has 1 aromatic heterocycles. The minimum Gasteiger partial charge on any atom is -0.464 e. The molecule has 2 N–H and O–H groups in total. The van der Waals surface area contributed by atoms with E-state index >= 15 is 0 Å². The van der Waals surface area contributed by atoms with Gasteiger partial charge in [-0.2, -0.15) is 8.42 Å². The summed E-state index contributed by atoms with van der Waals surface area (Å²) >= 11 is 6.11. The zero-order valence-corrected chi connectivity index (χ0v) is 19.3. The molecule has 0 aliphatic rings. The SMILES string of the molecule is CN(C)/C=N/S(=O)(=O)c1cc(NC(=O)Cc2ccccc2Cl)ccc1-c1ccn(C(=O)O)c1. The molecule has 0 saturated carbocycles. The number of halogens is 1. The summed E-state index contributed by atoms with van der Waals surface area (Å²) in [7, 11) is -0.924. The molecule has 1 heterocycles. The molecule has 1 amide bonds. The molecule has 33 heavy (non-hydrogen) atoms. The van der Waals surface area contributed by atoms with Gasteiger partial charge in [0.05, 0.1) is 11.3 Å². The number of hydrogen-bond donors (Lipinski definition) is 2. The molecule has 0 atom stereocenters. The van der Waals surface area contributed by atoms with Crippen LogP contribution in [0.15, 0.2) is 70.2 Å². The highest BCUT2D eigenvalue weighted by atomic mass is 35.5. The number of nitrogens with one attached hydrogen (secondary N) is 1. The maximum atomic E-state index is 13.0. The average molecular weight is 489 g/mol. The predicted octanol–water partition coefficient (Wildman–Crippen LogP) is 3.79. The summed E-state index contributed by atoms with van der Waals surface area (Å²) in [5.41, 5.74) is 1.49. The number of carbonyl (C=O) groups excluding carboxylic acids is 1. The van der Waals surface area contributed by atoms with Crippen molar-refractivity contribution in [3.63, 3.8) is 0 Å². The van der Waals surface area contributed by atoms with Gasteiger partial charge >= 0.3 is 6.09 Å². The maximum Gasteiger partial charge on any atom is 0.415 e. The van der Waals surface area contributed by atoms with E-state index in [1.54, 1.807) is 38.4 Å². The Labute approximate surface area is 196 Å². The normalized spacial score (nSPS) is 11.5. The van der Waals surface area contributed by atoms with Gasteiger partial charge in [0.25, 0.3) is 10.0 Å². The van der Waals surface area contributed by atoms with E-state index in [0.29, 0.717) is 16.1 Å². The molecule has 0 fully saturated rings. The van der Waals surface area contributed by atoms with Crippen LogP contribution in [0.5, 0.6) is 0 Å². The monoisotopic (exact) mass is 488 g/mol. The van der Waals surface area contributed by atoms with E-state index in [9.17, 15) is 18.0 Å². The minimum absolute atomic E-state index is 0.00372. The lowest BCUT2D eigenvalue weighted by atomic mass is 10.1. The fourth-order valence-electron chi connectivity index (χ4n) is 2.96. The lowest BCUT2D eigenvalue weighted by Gasteiger charge is -2.12. The van der Waals surface area contributed by atoms with Crippen LogP contribution in [0.3, 0.4) is 0 Å². The van der Waals surface area contributed by atoms with Gasteiger partial charge in [0.1, 0.15) is 6.34 Å². The highest BCUT2D eigenvalue weighted by Gasteiger charge is 2.21. The Kier molecular flexibility index (Phi) is 7.19. The molecule has 3 rings (SSSR count). The summed E-state index contributed by atoms with van der Waals surface area (Å²) in [5.74, 6) is -0.381. The average Bonchev–Trinajstić information content (AvgIpc) is 3.24. The molecule has 0 unspecified atom stereocenters. The first-order valence-corrected chi connectivity index (χ1v) is 11.4. The van der Waals surface area contributed by atoms with Crippen LogP contribution in [0, 0.1) is 0 Å². The minimum atomic E-state index is -4.17. The number of anilines is 1. The lowest BCUT2D eigenvalue weighted by Crippen LogP contribution is -2.15. The quantitative estimate of drug-likeness (QED) is 0.385. The van der Waals surface area contributed by atoms with Gasteiger partial charge in [0.15, 0.2) is 0 Å². The van der Waals surface area contributed by atoms with E-state index in [1.165, 1.54) is 41.6 Å².